The number of aliphatic hydroxyl groups excluding tert-OH is 1. The molecule has 1 aromatic rings. The molecule has 0 unspecified atom stereocenters. The predicted molar refractivity (Wildman–Crippen MR) is 58.0 cm³/mol. The maximum absolute atomic E-state index is 10.7. The fourth-order valence-electron chi connectivity index (χ4n) is 1.48. The lowest BCUT2D eigenvalue weighted by molar-refractivity contribution is 0.0697. The van der Waals surface area contributed by atoms with Gasteiger partial charge in [0.15, 0.2) is 0 Å². The Morgan fingerprint density at radius 1 is 1.20 bits per heavy atom. The first-order valence-electron chi connectivity index (χ1n) is 5.17. The van der Waals surface area contributed by atoms with E-state index >= 15 is 0 Å². The fraction of sp³-hybridized carbons (Fsp3) is 0.417. The number of unbranched alkanes of at least 4 members (excludes halogenated alkanes) is 2. The summed E-state index contributed by atoms with van der Waals surface area (Å²) < 4.78 is 0. The first-order chi connectivity index (χ1) is 7.24. The number of benzene rings is 1. The van der Waals surface area contributed by atoms with E-state index in [2.05, 4.69) is 0 Å². The van der Waals surface area contributed by atoms with Gasteiger partial charge in [0, 0.05) is 6.61 Å². The molecule has 15 heavy (non-hydrogen) atoms. The van der Waals surface area contributed by atoms with Crippen LogP contribution < -0.4 is 0 Å². The van der Waals surface area contributed by atoms with Crippen LogP contribution in [0.2, 0.25) is 0 Å². The largest absolute Gasteiger partial charge is 0.478 e. The lowest BCUT2D eigenvalue weighted by Gasteiger charge is -2.02. The molecule has 0 radical (unpaired) electrons. The SMILES string of the molecule is O=C(O)c1cccc(CCCCCO)c1. The van der Waals surface area contributed by atoms with Crippen LogP contribution in [0.1, 0.15) is 35.2 Å². The monoisotopic (exact) mass is 208 g/mol. The summed E-state index contributed by atoms with van der Waals surface area (Å²) in [7, 11) is 0. The third-order valence-corrected chi connectivity index (χ3v) is 2.30. The predicted octanol–water partition coefficient (Wildman–Crippen LogP) is 2.09. The Labute approximate surface area is 89.4 Å². The molecule has 0 aliphatic heterocycles. The molecule has 3 nitrogen and oxygen atoms in total. The second-order valence-corrected chi connectivity index (χ2v) is 3.54. The van der Waals surface area contributed by atoms with Gasteiger partial charge in [-0.25, -0.2) is 4.79 Å². The second-order valence-electron chi connectivity index (χ2n) is 3.54. The zero-order chi connectivity index (χ0) is 11.1. The number of aliphatic hydroxyl groups is 1. The summed E-state index contributed by atoms with van der Waals surface area (Å²) >= 11 is 0. The lowest BCUT2D eigenvalue weighted by atomic mass is 10.0. The minimum absolute atomic E-state index is 0.231. The third kappa shape index (κ3) is 4.13. The van der Waals surface area contributed by atoms with Gasteiger partial charge in [-0.1, -0.05) is 18.6 Å². The Morgan fingerprint density at radius 3 is 2.67 bits per heavy atom. The quantitative estimate of drug-likeness (QED) is 0.704. The van der Waals surface area contributed by atoms with E-state index in [4.69, 9.17) is 10.2 Å². The van der Waals surface area contributed by atoms with E-state index in [9.17, 15) is 4.79 Å². The number of aryl methyl sites for hydroxylation is 1. The van der Waals surface area contributed by atoms with E-state index in [1.54, 1.807) is 18.2 Å². The molecule has 1 aromatic carbocycles. The topological polar surface area (TPSA) is 57.5 Å². The summed E-state index contributed by atoms with van der Waals surface area (Å²) in [5.74, 6) is -0.882. The first-order valence-corrected chi connectivity index (χ1v) is 5.17. The third-order valence-electron chi connectivity index (χ3n) is 2.30. The Balaban J connectivity index is 2.47. The van der Waals surface area contributed by atoms with Gasteiger partial charge in [-0.05, 0) is 37.0 Å². The van der Waals surface area contributed by atoms with Crippen LogP contribution in [0.3, 0.4) is 0 Å². The van der Waals surface area contributed by atoms with Gasteiger partial charge in [-0.3, -0.25) is 0 Å². The molecule has 3 heteroatoms. The lowest BCUT2D eigenvalue weighted by Crippen LogP contribution is -1.97. The highest BCUT2D eigenvalue weighted by molar-refractivity contribution is 5.87. The molecule has 0 spiro atoms. The number of hydrogen-bond acceptors (Lipinski definition) is 2. The number of carbonyl (C=O) groups is 1. The van der Waals surface area contributed by atoms with Crippen molar-refractivity contribution in [1.29, 1.82) is 0 Å². The molecule has 0 aliphatic carbocycles. The summed E-state index contributed by atoms with van der Waals surface area (Å²) in [5.41, 5.74) is 1.39. The highest BCUT2D eigenvalue weighted by Crippen LogP contribution is 2.09. The molecular formula is C12H16O3. The average molecular weight is 208 g/mol. The molecule has 1 rings (SSSR count). The van der Waals surface area contributed by atoms with Crippen LogP contribution in [0.4, 0.5) is 0 Å². The molecule has 82 valence electrons. The van der Waals surface area contributed by atoms with Gasteiger partial charge in [0.05, 0.1) is 5.56 Å². The van der Waals surface area contributed by atoms with Crippen LogP contribution >= 0.6 is 0 Å². The van der Waals surface area contributed by atoms with E-state index in [1.165, 1.54) is 0 Å². The molecule has 0 saturated carbocycles. The summed E-state index contributed by atoms with van der Waals surface area (Å²) in [4.78, 5) is 10.7. The van der Waals surface area contributed by atoms with E-state index in [-0.39, 0.29) is 6.61 Å². The number of carboxylic acids is 1. The Kier molecular flexibility index (Phi) is 4.84. The maximum Gasteiger partial charge on any atom is 0.335 e. The average Bonchev–Trinajstić information content (AvgIpc) is 2.25. The molecule has 0 heterocycles. The minimum Gasteiger partial charge on any atom is -0.478 e. The minimum atomic E-state index is -0.882. The van der Waals surface area contributed by atoms with E-state index in [1.807, 2.05) is 6.07 Å². The van der Waals surface area contributed by atoms with Crippen molar-refractivity contribution in [1.82, 2.24) is 0 Å². The van der Waals surface area contributed by atoms with Gasteiger partial charge >= 0.3 is 5.97 Å². The molecule has 0 aliphatic rings. The van der Waals surface area contributed by atoms with Gasteiger partial charge < -0.3 is 10.2 Å². The van der Waals surface area contributed by atoms with Gasteiger partial charge in [-0.2, -0.15) is 0 Å². The number of carboxylic acid groups (broad SMARTS) is 1. The highest BCUT2D eigenvalue weighted by Gasteiger charge is 2.02. The Hall–Kier alpha value is -1.35. The normalized spacial score (nSPS) is 10.2. The first kappa shape index (κ1) is 11.7. The maximum atomic E-state index is 10.7. The highest BCUT2D eigenvalue weighted by atomic mass is 16.4. The van der Waals surface area contributed by atoms with Crippen LogP contribution in [-0.4, -0.2) is 22.8 Å². The summed E-state index contributed by atoms with van der Waals surface area (Å²) in [5, 5.41) is 17.4. The van der Waals surface area contributed by atoms with Crippen LogP contribution in [0, 0.1) is 0 Å². The number of aromatic carboxylic acids is 1. The van der Waals surface area contributed by atoms with Crippen LogP contribution in [0.15, 0.2) is 24.3 Å². The molecule has 0 atom stereocenters. The van der Waals surface area contributed by atoms with Crippen LogP contribution in [0.25, 0.3) is 0 Å². The standard InChI is InChI=1S/C12H16O3/c13-8-3-1-2-5-10-6-4-7-11(9-10)12(14)15/h4,6-7,9,13H,1-3,5,8H2,(H,14,15). The molecule has 0 bridgehead atoms. The molecule has 2 N–H and O–H groups in total. The summed E-state index contributed by atoms with van der Waals surface area (Å²) in [6, 6.07) is 7.01. The van der Waals surface area contributed by atoms with Crippen molar-refractivity contribution < 1.29 is 15.0 Å². The van der Waals surface area contributed by atoms with Crippen molar-refractivity contribution in [2.75, 3.05) is 6.61 Å². The van der Waals surface area contributed by atoms with E-state index in [0.29, 0.717) is 5.56 Å². The Bertz CT molecular complexity index is 320. The van der Waals surface area contributed by atoms with Gasteiger partial charge in [0.2, 0.25) is 0 Å². The molecule has 0 aromatic heterocycles. The van der Waals surface area contributed by atoms with Gasteiger partial charge in [0.1, 0.15) is 0 Å². The van der Waals surface area contributed by atoms with E-state index < -0.39 is 5.97 Å². The summed E-state index contributed by atoms with van der Waals surface area (Å²) in [6.07, 6.45) is 3.66. The van der Waals surface area contributed by atoms with Crippen LogP contribution in [-0.2, 0) is 6.42 Å². The van der Waals surface area contributed by atoms with Crippen molar-refractivity contribution in [2.24, 2.45) is 0 Å². The molecule has 0 saturated heterocycles. The van der Waals surface area contributed by atoms with Gasteiger partial charge in [-0.15, -0.1) is 0 Å². The van der Waals surface area contributed by atoms with Crippen molar-refractivity contribution in [3.05, 3.63) is 35.4 Å². The molecule has 0 fully saturated rings. The van der Waals surface area contributed by atoms with Crippen molar-refractivity contribution >= 4 is 5.97 Å². The van der Waals surface area contributed by atoms with E-state index in [0.717, 1.165) is 31.2 Å². The zero-order valence-electron chi connectivity index (χ0n) is 8.65. The Morgan fingerprint density at radius 2 is 2.00 bits per heavy atom. The smallest absolute Gasteiger partial charge is 0.335 e. The number of hydrogen-bond donors (Lipinski definition) is 2. The van der Waals surface area contributed by atoms with Crippen molar-refractivity contribution in [3.63, 3.8) is 0 Å². The second kappa shape index (κ2) is 6.19. The molecular weight excluding hydrogens is 192 g/mol. The van der Waals surface area contributed by atoms with Crippen LogP contribution in [0.5, 0.6) is 0 Å². The molecule has 0 amide bonds. The summed E-state index contributed by atoms with van der Waals surface area (Å²) in [6.45, 7) is 0.231. The van der Waals surface area contributed by atoms with Gasteiger partial charge in [0.25, 0.3) is 0 Å². The van der Waals surface area contributed by atoms with Crippen molar-refractivity contribution in [2.45, 2.75) is 25.7 Å². The number of rotatable bonds is 6. The fourth-order valence-corrected chi connectivity index (χ4v) is 1.48. The zero-order valence-corrected chi connectivity index (χ0v) is 8.65. The van der Waals surface area contributed by atoms with Crippen molar-refractivity contribution in [3.8, 4) is 0 Å².